The monoisotopic (exact) mass is 286 g/mol. The van der Waals surface area contributed by atoms with Crippen LogP contribution in [-0.4, -0.2) is 11.7 Å². The molecule has 0 saturated carbocycles. The van der Waals surface area contributed by atoms with Crippen LogP contribution < -0.4 is 0 Å². The van der Waals surface area contributed by atoms with Crippen molar-refractivity contribution in [1.29, 1.82) is 0 Å². The lowest BCUT2D eigenvalue weighted by atomic mass is 9.91. The number of rotatable bonds is 4. The molecule has 0 spiro atoms. The normalized spacial score (nSPS) is 15.1. The van der Waals surface area contributed by atoms with Crippen LogP contribution in [-0.2, 0) is 19.3 Å². The first-order valence-corrected chi connectivity index (χ1v) is 7.61. The summed E-state index contributed by atoms with van der Waals surface area (Å²) in [6.07, 6.45) is 4.52. The van der Waals surface area contributed by atoms with E-state index in [2.05, 4.69) is 18.2 Å². The molecule has 0 bridgehead atoms. The van der Waals surface area contributed by atoms with E-state index >= 15 is 0 Å². The predicted octanol–water partition coefficient (Wildman–Crippen LogP) is 4.15. The highest BCUT2D eigenvalue weighted by Crippen LogP contribution is 2.29. The smallest absolute Gasteiger partial charge is 0.0503 e. The minimum atomic E-state index is 0.0724. The molecular weight excluding hydrogens is 268 g/mol. The van der Waals surface area contributed by atoms with Crippen molar-refractivity contribution in [2.75, 3.05) is 6.61 Å². The van der Waals surface area contributed by atoms with Crippen molar-refractivity contribution in [3.8, 4) is 0 Å². The molecule has 1 unspecified atom stereocenters. The molecule has 0 fully saturated rings. The molecule has 2 heteroatoms. The Kier molecular flexibility index (Phi) is 4.09. The van der Waals surface area contributed by atoms with Crippen LogP contribution in [0, 0.1) is 0 Å². The van der Waals surface area contributed by atoms with E-state index in [-0.39, 0.29) is 12.5 Å². The Hall–Kier alpha value is -1.31. The van der Waals surface area contributed by atoms with Crippen molar-refractivity contribution in [2.45, 2.75) is 31.6 Å². The highest BCUT2D eigenvalue weighted by atomic mass is 35.5. The number of fused-ring (bicyclic) bond motifs is 1. The zero-order valence-corrected chi connectivity index (χ0v) is 12.2. The fraction of sp³-hybridized carbons (Fsp3) is 0.333. The highest BCUT2D eigenvalue weighted by molar-refractivity contribution is 6.31. The second kappa shape index (κ2) is 5.99. The average Bonchev–Trinajstić information content (AvgIpc) is 2.93. The molecule has 1 nitrogen and oxygen atoms in total. The van der Waals surface area contributed by atoms with Crippen molar-refractivity contribution < 1.29 is 5.11 Å². The molecular formula is C18H19ClO. The van der Waals surface area contributed by atoms with E-state index in [1.54, 1.807) is 0 Å². The molecule has 0 aromatic heterocycles. The molecule has 1 atom stereocenters. The maximum atomic E-state index is 9.70. The van der Waals surface area contributed by atoms with E-state index in [1.165, 1.54) is 36.0 Å². The van der Waals surface area contributed by atoms with Crippen molar-refractivity contribution in [3.05, 3.63) is 69.7 Å². The number of aryl methyl sites for hydroxylation is 2. The molecule has 1 aliphatic rings. The fourth-order valence-corrected chi connectivity index (χ4v) is 3.41. The van der Waals surface area contributed by atoms with Gasteiger partial charge in [0, 0.05) is 10.9 Å². The summed E-state index contributed by atoms with van der Waals surface area (Å²) >= 11 is 6.25. The SMILES string of the molecule is OCC(Cc1ccc2c(c1)CCC2)c1ccccc1Cl. The summed E-state index contributed by atoms with van der Waals surface area (Å²) in [5.74, 6) is 0.0724. The van der Waals surface area contributed by atoms with Crippen molar-refractivity contribution in [3.63, 3.8) is 0 Å². The summed E-state index contributed by atoms with van der Waals surface area (Å²) in [6, 6.07) is 14.6. The van der Waals surface area contributed by atoms with E-state index in [1.807, 2.05) is 24.3 Å². The van der Waals surface area contributed by atoms with E-state index in [9.17, 15) is 5.11 Å². The first-order valence-electron chi connectivity index (χ1n) is 7.24. The molecule has 1 N–H and O–H groups in total. The van der Waals surface area contributed by atoms with E-state index in [0.717, 1.165) is 17.0 Å². The van der Waals surface area contributed by atoms with Gasteiger partial charge in [0.2, 0.25) is 0 Å². The van der Waals surface area contributed by atoms with Gasteiger partial charge in [-0.05, 0) is 54.0 Å². The summed E-state index contributed by atoms with van der Waals surface area (Å²) in [4.78, 5) is 0. The lowest BCUT2D eigenvalue weighted by molar-refractivity contribution is 0.264. The molecule has 0 aliphatic heterocycles. The fourth-order valence-electron chi connectivity index (χ4n) is 3.12. The number of hydrogen-bond acceptors (Lipinski definition) is 1. The Morgan fingerprint density at radius 1 is 1.05 bits per heavy atom. The summed E-state index contributed by atoms with van der Waals surface area (Å²) in [5, 5.41) is 10.4. The molecule has 20 heavy (non-hydrogen) atoms. The third-order valence-electron chi connectivity index (χ3n) is 4.21. The highest BCUT2D eigenvalue weighted by Gasteiger charge is 2.16. The van der Waals surface area contributed by atoms with E-state index in [0.29, 0.717) is 0 Å². The maximum absolute atomic E-state index is 9.70. The molecule has 104 valence electrons. The number of halogens is 1. The third-order valence-corrected chi connectivity index (χ3v) is 4.55. The zero-order valence-electron chi connectivity index (χ0n) is 11.5. The van der Waals surface area contributed by atoms with Crippen LogP contribution in [0.25, 0.3) is 0 Å². The number of hydrogen-bond donors (Lipinski definition) is 1. The Balaban J connectivity index is 1.83. The van der Waals surface area contributed by atoms with Gasteiger partial charge in [0.05, 0.1) is 6.61 Å². The quantitative estimate of drug-likeness (QED) is 0.895. The maximum Gasteiger partial charge on any atom is 0.0503 e. The van der Waals surface area contributed by atoms with Crippen molar-refractivity contribution in [1.82, 2.24) is 0 Å². The van der Waals surface area contributed by atoms with Crippen molar-refractivity contribution in [2.24, 2.45) is 0 Å². The van der Waals surface area contributed by atoms with Gasteiger partial charge in [-0.1, -0.05) is 48.0 Å². The molecule has 0 amide bonds. The van der Waals surface area contributed by atoms with Gasteiger partial charge in [0.15, 0.2) is 0 Å². The number of aliphatic hydroxyl groups is 1. The van der Waals surface area contributed by atoms with Crippen LogP contribution in [0.1, 0.15) is 34.6 Å². The second-order valence-electron chi connectivity index (χ2n) is 5.56. The average molecular weight is 287 g/mol. The van der Waals surface area contributed by atoms with Gasteiger partial charge < -0.3 is 5.11 Å². The molecule has 2 aromatic carbocycles. The minimum absolute atomic E-state index is 0.0724. The largest absolute Gasteiger partial charge is 0.396 e. The summed E-state index contributed by atoms with van der Waals surface area (Å²) < 4.78 is 0. The van der Waals surface area contributed by atoms with Gasteiger partial charge in [0.25, 0.3) is 0 Å². The summed E-state index contributed by atoms with van der Waals surface area (Å²) in [5.41, 5.74) is 5.31. The van der Waals surface area contributed by atoms with Gasteiger partial charge in [-0.3, -0.25) is 0 Å². The zero-order chi connectivity index (χ0) is 13.9. The topological polar surface area (TPSA) is 20.2 Å². The summed E-state index contributed by atoms with van der Waals surface area (Å²) in [7, 11) is 0. The van der Waals surface area contributed by atoms with Crippen molar-refractivity contribution >= 4 is 11.6 Å². The number of aliphatic hydroxyl groups excluding tert-OH is 1. The van der Waals surface area contributed by atoms with Gasteiger partial charge in [-0.15, -0.1) is 0 Å². The van der Waals surface area contributed by atoms with Gasteiger partial charge in [-0.2, -0.15) is 0 Å². The van der Waals surface area contributed by atoms with Crippen LogP contribution in [0.15, 0.2) is 42.5 Å². The van der Waals surface area contributed by atoms with Gasteiger partial charge in [0.1, 0.15) is 0 Å². The first kappa shape index (κ1) is 13.7. The van der Waals surface area contributed by atoms with E-state index in [4.69, 9.17) is 11.6 Å². The minimum Gasteiger partial charge on any atom is -0.396 e. The lowest BCUT2D eigenvalue weighted by Crippen LogP contribution is -2.08. The van der Waals surface area contributed by atoms with Crippen LogP contribution in [0.2, 0.25) is 5.02 Å². The van der Waals surface area contributed by atoms with E-state index < -0.39 is 0 Å². The Morgan fingerprint density at radius 2 is 1.85 bits per heavy atom. The molecule has 3 rings (SSSR count). The standard InChI is InChI=1S/C18H19ClO/c19-18-7-2-1-6-17(18)16(12-20)11-13-8-9-14-4-3-5-15(14)10-13/h1-2,6-10,16,20H,3-5,11-12H2. The molecule has 2 aromatic rings. The predicted molar refractivity (Wildman–Crippen MR) is 83.4 cm³/mol. The van der Waals surface area contributed by atoms with Crippen LogP contribution >= 0.6 is 11.6 Å². The lowest BCUT2D eigenvalue weighted by Gasteiger charge is -2.17. The number of benzene rings is 2. The van der Waals surface area contributed by atoms with Crippen LogP contribution in [0.5, 0.6) is 0 Å². The molecule has 0 saturated heterocycles. The third kappa shape index (κ3) is 2.74. The first-order chi connectivity index (χ1) is 9.78. The van der Waals surface area contributed by atoms with Gasteiger partial charge >= 0.3 is 0 Å². The molecule has 0 radical (unpaired) electrons. The van der Waals surface area contributed by atoms with Crippen LogP contribution in [0.3, 0.4) is 0 Å². The van der Waals surface area contributed by atoms with Crippen LogP contribution in [0.4, 0.5) is 0 Å². The second-order valence-corrected chi connectivity index (χ2v) is 5.97. The Bertz CT molecular complexity index is 606. The van der Waals surface area contributed by atoms with Gasteiger partial charge in [-0.25, -0.2) is 0 Å². The Morgan fingerprint density at radius 3 is 2.65 bits per heavy atom. The molecule has 0 heterocycles. The Labute approximate surface area is 125 Å². The summed E-state index contributed by atoms with van der Waals surface area (Å²) in [6.45, 7) is 0.126. The molecule has 1 aliphatic carbocycles.